The fraction of sp³-hybridized carbons (Fsp3) is 0.375. The zero-order valence-corrected chi connectivity index (χ0v) is 19.9. The monoisotopic (exact) mass is 464 g/mol. The maximum Gasteiger partial charge on any atom is 0.358 e. The highest BCUT2D eigenvalue weighted by atomic mass is 16.5. The summed E-state index contributed by atoms with van der Waals surface area (Å²) in [4.78, 5) is 34.8. The predicted molar refractivity (Wildman–Crippen MR) is 127 cm³/mol. The smallest absolute Gasteiger partial charge is 0.358 e. The number of carboxylic acid groups (broad SMARTS) is 1. The molecule has 0 fully saturated rings. The van der Waals surface area contributed by atoms with Crippen LogP contribution in [0, 0.1) is 6.57 Å². The summed E-state index contributed by atoms with van der Waals surface area (Å²) in [7, 11) is 6.74. The molecule has 10 heteroatoms. The minimum Gasteiger partial charge on any atom is -0.489 e. The molecule has 2 heterocycles. The molecule has 0 spiro atoms. The number of carbonyl (C=O) groups is 1. The van der Waals surface area contributed by atoms with Gasteiger partial charge in [0.25, 0.3) is 5.56 Å². The quantitative estimate of drug-likeness (QED) is 0.485. The number of rotatable bonds is 9. The molecule has 3 rings (SSSR count). The zero-order valence-electron chi connectivity index (χ0n) is 19.9. The van der Waals surface area contributed by atoms with E-state index in [9.17, 15) is 14.7 Å². The molecular formula is C24H28N6O4. The van der Waals surface area contributed by atoms with Crippen molar-refractivity contribution in [2.45, 2.75) is 25.3 Å². The van der Waals surface area contributed by atoms with Gasteiger partial charge in [0.15, 0.2) is 11.4 Å². The van der Waals surface area contributed by atoms with Crippen LogP contribution in [0.15, 0.2) is 41.5 Å². The van der Waals surface area contributed by atoms with E-state index in [0.717, 1.165) is 17.7 Å². The molecule has 0 amide bonds. The van der Waals surface area contributed by atoms with E-state index in [1.807, 2.05) is 44.0 Å². The van der Waals surface area contributed by atoms with Gasteiger partial charge in [0.1, 0.15) is 5.82 Å². The van der Waals surface area contributed by atoms with Gasteiger partial charge in [-0.15, -0.1) is 0 Å². The Morgan fingerprint density at radius 3 is 2.65 bits per heavy atom. The van der Waals surface area contributed by atoms with Crippen LogP contribution in [0.4, 0.5) is 5.69 Å². The van der Waals surface area contributed by atoms with Crippen LogP contribution in [0.2, 0.25) is 0 Å². The van der Waals surface area contributed by atoms with Crippen molar-refractivity contribution in [3.63, 3.8) is 0 Å². The number of aromatic carboxylic acids is 1. The molecule has 2 unspecified atom stereocenters. The number of likely N-dealkylation sites (N-methyl/N-ethyl adjacent to an activating group) is 1. The first kappa shape index (κ1) is 24.7. The third kappa shape index (κ3) is 4.84. The van der Waals surface area contributed by atoms with Gasteiger partial charge in [0.2, 0.25) is 5.75 Å². The van der Waals surface area contributed by atoms with E-state index in [2.05, 4.69) is 19.8 Å². The fourth-order valence-electron chi connectivity index (χ4n) is 4.04. The zero-order chi connectivity index (χ0) is 25.0. The van der Waals surface area contributed by atoms with E-state index in [4.69, 9.17) is 11.3 Å². The number of para-hydroxylation sites is 1. The van der Waals surface area contributed by atoms with Crippen molar-refractivity contribution in [3.8, 4) is 5.75 Å². The molecule has 2 aromatic heterocycles. The molecule has 0 saturated heterocycles. The van der Waals surface area contributed by atoms with Gasteiger partial charge in [-0.3, -0.25) is 14.0 Å². The molecule has 0 aliphatic rings. The summed E-state index contributed by atoms with van der Waals surface area (Å²) in [5.74, 6) is -2.25. The molecular weight excluding hydrogens is 436 g/mol. The van der Waals surface area contributed by atoms with E-state index in [-0.39, 0.29) is 11.6 Å². The van der Waals surface area contributed by atoms with Crippen molar-refractivity contribution in [3.05, 3.63) is 81.1 Å². The minimum absolute atomic E-state index is 0.272. The van der Waals surface area contributed by atoms with E-state index in [1.54, 1.807) is 18.3 Å². The Hall–Kier alpha value is -3.97. The highest BCUT2D eigenvalue weighted by molar-refractivity contribution is 5.88. The Kier molecular flexibility index (Phi) is 7.48. The average molecular weight is 465 g/mol. The van der Waals surface area contributed by atoms with Gasteiger partial charge in [-0.25, -0.2) is 14.6 Å². The van der Waals surface area contributed by atoms with Crippen LogP contribution in [-0.4, -0.2) is 63.1 Å². The van der Waals surface area contributed by atoms with E-state index < -0.39 is 29.1 Å². The van der Waals surface area contributed by atoms with Crippen LogP contribution in [0.25, 0.3) is 4.85 Å². The first-order valence-electron chi connectivity index (χ1n) is 10.7. The molecule has 1 aromatic carbocycles. The van der Waals surface area contributed by atoms with Gasteiger partial charge in [-0.05, 0) is 25.2 Å². The van der Waals surface area contributed by atoms with Crippen molar-refractivity contribution < 1.29 is 14.6 Å². The summed E-state index contributed by atoms with van der Waals surface area (Å²) in [6, 6.07) is 7.25. The highest BCUT2D eigenvalue weighted by Gasteiger charge is 2.31. The molecule has 1 N–H and O–H groups in total. The number of ether oxygens (including phenoxy) is 1. The van der Waals surface area contributed by atoms with Crippen LogP contribution in [0.5, 0.6) is 5.75 Å². The van der Waals surface area contributed by atoms with Gasteiger partial charge in [0, 0.05) is 31.6 Å². The maximum absolute atomic E-state index is 12.9. The second-order valence-corrected chi connectivity index (χ2v) is 8.30. The maximum atomic E-state index is 12.9. The van der Waals surface area contributed by atoms with E-state index in [0.29, 0.717) is 12.2 Å². The molecule has 0 radical (unpaired) electrons. The van der Waals surface area contributed by atoms with Gasteiger partial charge in [-0.1, -0.05) is 31.2 Å². The minimum atomic E-state index is -1.35. The lowest BCUT2D eigenvalue weighted by Crippen LogP contribution is -2.29. The molecule has 0 bridgehead atoms. The molecule has 0 aliphatic carbocycles. The number of methoxy groups -OCH3 is 1. The second-order valence-electron chi connectivity index (χ2n) is 8.30. The summed E-state index contributed by atoms with van der Waals surface area (Å²) in [6.07, 6.45) is 3.67. The molecule has 0 saturated carbocycles. The van der Waals surface area contributed by atoms with E-state index in [1.165, 1.54) is 18.7 Å². The number of hydrogen-bond donors (Lipinski definition) is 1. The summed E-state index contributed by atoms with van der Waals surface area (Å²) in [6.45, 7) is 11.0. The third-order valence-electron chi connectivity index (χ3n) is 5.78. The fourth-order valence-corrected chi connectivity index (χ4v) is 4.04. The second kappa shape index (κ2) is 10.3. The van der Waals surface area contributed by atoms with E-state index >= 15 is 0 Å². The molecule has 3 aromatic rings. The SMILES string of the molecule is [C-]#[N+]c1ccccc1C(c1cnn(CCN(C)C)c1)C(C)c1nc(C(=O)O)c(OC)c(=O)n1C. The Morgan fingerprint density at radius 1 is 1.32 bits per heavy atom. The van der Waals surface area contributed by atoms with Crippen LogP contribution in [0.3, 0.4) is 0 Å². The molecule has 0 aliphatic heterocycles. The van der Waals surface area contributed by atoms with Crippen molar-refractivity contribution in [2.24, 2.45) is 7.05 Å². The van der Waals surface area contributed by atoms with Gasteiger partial charge < -0.3 is 14.7 Å². The van der Waals surface area contributed by atoms with Crippen LogP contribution in [0.1, 0.15) is 46.2 Å². The van der Waals surface area contributed by atoms with Crippen molar-refractivity contribution in [1.29, 1.82) is 0 Å². The lowest BCUT2D eigenvalue weighted by molar-refractivity contribution is 0.0685. The first-order chi connectivity index (χ1) is 16.2. The number of carboxylic acids is 1. The average Bonchev–Trinajstić information content (AvgIpc) is 3.28. The van der Waals surface area contributed by atoms with Crippen molar-refractivity contribution in [2.75, 3.05) is 27.7 Å². The summed E-state index contributed by atoms with van der Waals surface area (Å²) in [5.41, 5.74) is 1.03. The largest absolute Gasteiger partial charge is 0.489 e. The number of hydrogen-bond acceptors (Lipinski definition) is 6. The molecule has 178 valence electrons. The van der Waals surface area contributed by atoms with Gasteiger partial charge >= 0.3 is 5.97 Å². The molecule has 2 atom stereocenters. The van der Waals surface area contributed by atoms with Crippen molar-refractivity contribution >= 4 is 11.7 Å². The number of nitrogens with zero attached hydrogens (tertiary/aromatic N) is 6. The molecule has 34 heavy (non-hydrogen) atoms. The van der Waals surface area contributed by atoms with Gasteiger partial charge in [-0.2, -0.15) is 5.10 Å². The summed E-state index contributed by atoms with van der Waals surface area (Å²) < 4.78 is 8.17. The Bertz CT molecular complexity index is 1290. The van der Waals surface area contributed by atoms with Crippen LogP contribution >= 0.6 is 0 Å². The number of aromatic nitrogens is 4. The van der Waals surface area contributed by atoms with Crippen LogP contribution in [-0.2, 0) is 13.6 Å². The number of benzene rings is 1. The Balaban J connectivity index is 2.19. The van der Waals surface area contributed by atoms with Crippen LogP contribution < -0.4 is 10.3 Å². The van der Waals surface area contributed by atoms with Gasteiger partial charge in [0.05, 0.1) is 26.4 Å². The Labute approximate surface area is 197 Å². The highest BCUT2D eigenvalue weighted by Crippen LogP contribution is 2.41. The third-order valence-corrected chi connectivity index (χ3v) is 5.78. The summed E-state index contributed by atoms with van der Waals surface area (Å²) >= 11 is 0. The lowest BCUT2D eigenvalue weighted by Gasteiger charge is -2.26. The topological polar surface area (TPSA) is 107 Å². The Morgan fingerprint density at radius 2 is 2.03 bits per heavy atom. The predicted octanol–water partition coefficient (Wildman–Crippen LogP) is 2.73. The normalized spacial score (nSPS) is 12.9. The lowest BCUT2D eigenvalue weighted by atomic mass is 9.81. The standard InChI is InChI=1S/C24H28N6O4/c1-15(22-27-20(24(32)33)21(34-6)23(31)29(22)5)19(17-9-7-8-10-18(17)25-2)16-13-26-30(14-16)12-11-28(3)4/h7-10,13-15,19H,11-12H2,1,3-6H3,(H,32,33). The first-order valence-corrected chi connectivity index (χ1v) is 10.7. The molecule has 10 nitrogen and oxygen atoms in total. The van der Waals surface area contributed by atoms with Crippen molar-refractivity contribution in [1.82, 2.24) is 24.2 Å². The summed E-state index contributed by atoms with van der Waals surface area (Å²) in [5, 5.41) is 14.1.